The van der Waals surface area contributed by atoms with Crippen LogP contribution in [-0.2, 0) is 5.75 Å². The van der Waals surface area contributed by atoms with Gasteiger partial charge in [0.15, 0.2) is 0 Å². The molecule has 9 heteroatoms. The van der Waals surface area contributed by atoms with Crippen molar-refractivity contribution in [1.29, 1.82) is 0 Å². The van der Waals surface area contributed by atoms with Crippen molar-refractivity contribution in [2.24, 2.45) is 5.10 Å². The van der Waals surface area contributed by atoms with Gasteiger partial charge in [-0.15, -0.1) is 10.2 Å². The highest BCUT2D eigenvalue weighted by atomic mass is 79.9. The van der Waals surface area contributed by atoms with Gasteiger partial charge in [-0.05, 0) is 36.8 Å². The standard InChI is InChI=1S/C15H15BrN6OS/c1-10-5-6-13(23-10)8-18-19-14-20-21-15(22(14)17)24-9-11-3-2-4-12(16)7-11/h2-8H,9,17H2,1H3,(H,19,20)/b18-8+. The monoisotopic (exact) mass is 406 g/mol. The number of halogens is 1. The zero-order valence-corrected chi connectivity index (χ0v) is 15.2. The zero-order valence-electron chi connectivity index (χ0n) is 12.8. The van der Waals surface area contributed by atoms with Gasteiger partial charge >= 0.3 is 0 Å². The summed E-state index contributed by atoms with van der Waals surface area (Å²) in [7, 11) is 0. The predicted molar refractivity (Wildman–Crippen MR) is 98.5 cm³/mol. The second-order valence-electron chi connectivity index (χ2n) is 4.91. The van der Waals surface area contributed by atoms with Crippen molar-refractivity contribution in [2.75, 3.05) is 11.3 Å². The van der Waals surface area contributed by atoms with E-state index in [4.69, 9.17) is 10.3 Å². The molecular formula is C15H15BrN6OS. The van der Waals surface area contributed by atoms with Crippen LogP contribution in [0.5, 0.6) is 0 Å². The third-order valence-corrected chi connectivity index (χ3v) is 4.55. The van der Waals surface area contributed by atoms with Gasteiger partial charge in [-0.3, -0.25) is 0 Å². The molecule has 3 rings (SSSR count). The van der Waals surface area contributed by atoms with Gasteiger partial charge < -0.3 is 10.3 Å². The minimum absolute atomic E-state index is 0.353. The van der Waals surface area contributed by atoms with Crippen LogP contribution in [0.4, 0.5) is 5.95 Å². The van der Waals surface area contributed by atoms with E-state index in [-0.39, 0.29) is 0 Å². The van der Waals surface area contributed by atoms with Crippen molar-refractivity contribution < 1.29 is 4.42 Å². The number of anilines is 1. The Morgan fingerprint density at radius 2 is 2.25 bits per heavy atom. The highest BCUT2D eigenvalue weighted by Gasteiger charge is 2.09. The first kappa shape index (κ1) is 16.6. The molecule has 7 nitrogen and oxygen atoms in total. The summed E-state index contributed by atoms with van der Waals surface area (Å²) in [5, 5.41) is 12.7. The lowest BCUT2D eigenvalue weighted by atomic mass is 10.2. The summed E-state index contributed by atoms with van der Waals surface area (Å²) in [4.78, 5) is 0. The summed E-state index contributed by atoms with van der Waals surface area (Å²) < 4.78 is 7.79. The summed E-state index contributed by atoms with van der Waals surface area (Å²) >= 11 is 4.95. The number of furan rings is 1. The first-order valence-electron chi connectivity index (χ1n) is 7.05. The average molecular weight is 407 g/mol. The number of hydrogen-bond donors (Lipinski definition) is 2. The van der Waals surface area contributed by atoms with E-state index >= 15 is 0 Å². The van der Waals surface area contributed by atoms with E-state index in [0.717, 1.165) is 21.5 Å². The SMILES string of the molecule is Cc1ccc(/C=N/Nc2nnc(SCc3cccc(Br)c3)n2N)o1. The molecule has 0 unspecified atom stereocenters. The molecule has 0 fully saturated rings. The molecule has 0 aliphatic heterocycles. The Labute approximate surface area is 151 Å². The number of aromatic nitrogens is 3. The molecule has 0 radical (unpaired) electrons. The van der Waals surface area contributed by atoms with Crippen molar-refractivity contribution in [3.8, 4) is 0 Å². The highest BCUT2D eigenvalue weighted by Crippen LogP contribution is 2.23. The molecule has 2 aromatic heterocycles. The molecule has 0 bridgehead atoms. The maximum atomic E-state index is 5.98. The van der Waals surface area contributed by atoms with Crippen LogP contribution in [-0.4, -0.2) is 21.1 Å². The van der Waals surface area contributed by atoms with Crippen molar-refractivity contribution in [3.63, 3.8) is 0 Å². The first-order chi connectivity index (χ1) is 11.6. The van der Waals surface area contributed by atoms with Gasteiger partial charge in [-0.2, -0.15) is 5.10 Å². The summed E-state index contributed by atoms with van der Waals surface area (Å²) in [6, 6.07) is 11.8. The van der Waals surface area contributed by atoms with Crippen LogP contribution in [0.25, 0.3) is 0 Å². The topological polar surface area (TPSA) is 94.3 Å². The Morgan fingerprint density at radius 1 is 1.38 bits per heavy atom. The predicted octanol–water partition coefficient (Wildman–Crippen LogP) is 3.39. The maximum Gasteiger partial charge on any atom is 0.264 e. The van der Waals surface area contributed by atoms with Gasteiger partial charge in [0.25, 0.3) is 5.95 Å². The fourth-order valence-electron chi connectivity index (χ4n) is 1.90. The van der Waals surface area contributed by atoms with Crippen LogP contribution in [0.2, 0.25) is 0 Å². The van der Waals surface area contributed by atoms with Gasteiger partial charge in [-0.1, -0.05) is 39.8 Å². The van der Waals surface area contributed by atoms with E-state index < -0.39 is 0 Å². The Kier molecular flexibility index (Phi) is 5.21. The molecule has 0 saturated carbocycles. The molecule has 0 saturated heterocycles. The minimum Gasteiger partial charge on any atom is -0.460 e. The number of nitrogens with one attached hydrogen (secondary N) is 1. The Morgan fingerprint density at radius 3 is 3.00 bits per heavy atom. The number of rotatable bonds is 6. The van der Waals surface area contributed by atoms with Gasteiger partial charge in [0.1, 0.15) is 11.5 Å². The molecule has 24 heavy (non-hydrogen) atoms. The summed E-state index contributed by atoms with van der Waals surface area (Å²) in [6.07, 6.45) is 1.55. The molecule has 3 aromatic rings. The Balaban J connectivity index is 1.60. The fraction of sp³-hybridized carbons (Fsp3) is 0.133. The van der Waals surface area contributed by atoms with Crippen molar-refractivity contribution in [2.45, 2.75) is 17.8 Å². The molecule has 0 aliphatic rings. The lowest BCUT2D eigenvalue weighted by molar-refractivity contribution is 0.528. The number of benzene rings is 1. The molecule has 0 atom stereocenters. The lowest BCUT2D eigenvalue weighted by Gasteiger charge is -2.03. The van der Waals surface area contributed by atoms with Crippen molar-refractivity contribution >= 4 is 39.9 Å². The molecule has 1 aromatic carbocycles. The van der Waals surface area contributed by atoms with E-state index in [1.165, 1.54) is 16.4 Å². The molecule has 3 N–H and O–H groups in total. The quantitative estimate of drug-likeness (QED) is 0.282. The normalized spacial score (nSPS) is 11.2. The van der Waals surface area contributed by atoms with E-state index in [2.05, 4.69) is 42.7 Å². The number of aryl methyl sites for hydroxylation is 1. The van der Waals surface area contributed by atoms with Crippen LogP contribution in [0.1, 0.15) is 17.1 Å². The summed E-state index contributed by atoms with van der Waals surface area (Å²) in [6.45, 7) is 1.87. The molecule has 0 amide bonds. The third-order valence-electron chi connectivity index (χ3n) is 3.04. The molecule has 2 heterocycles. The van der Waals surface area contributed by atoms with E-state index in [1.54, 1.807) is 6.21 Å². The lowest BCUT2D eigenvalue weighted by Crippen LogP contribution is -2.13. The van der Waals surface area contributed by atoms with Gasteiger partial charge in [0, 0.05) is 10.2 Å². The van der Waals surface area contributed by atoms with Crippen molar-refractivity contribution in [3.05, 3.63) is 58.0 Å². The first-order valence-corrected chi connectivity index (χ1v) is 8.83. The second-order valence-corrected chi connectivity index (χ2v) is 6.77. The fourth-order valence-corrected chi connectivity index (χ4v) is 3.15. The van der Waals surface area contributed by atoms with E-state index in [0.29, 0.717) is 16.9 Å². The Bertz CT molecular complexity index is 859. The smallest absolute Gasteiger partial charge is 0.264 e. The molecule has 0 aliphatic carbocycles. The van der Waals surface area contributed by atoms with Crippen LogP contribution < -0.4 is 11.3 Å². The molecule has 124 valence electrons. The number of nitrogens with two attached hydrogens (primary N) is 1. The number of nitrogens with zero attached hydrogens (tertiary/aromatic N) is 4. The number of thioether (sulfide) groups is 1. The van der Waals surface area contributed by atoms with Crippen LogP contribution in [0.15, 0.2) is 55.5 Å². The number of hydrogen-bond acceptors (Lipinski definition) is 7. The minimum atomic E-state index is 0.353. The zero-order chi connectivity index (χ0) is 16.9. The largest absolute Gasteiger partial charge is 0.460 e. The van der Waals surface area contributed by atoms with Gasteiger partial charge in [0.2, 0.25) is 5.16 Å². The van der Waals surface area contributed by atoms with Crippen LogP contribution in [0, 0.1) is 6.92 Å². The highest BCUT2D eigenvalue weighted by molar-refractivity contribution is 9.10. The number of nitrogen functional groups attached to an aromatic ring is 1. The van der Waals surface area contributed by atoms with Gasteiger partial charge in [0.05, 0.1) is 6.21 Å². The number of hydrazone groups is 1. The summed E-state index contributed by atoms with van der Waals surface area (Å²) in [5.41, 5.74) is 3.92. The molecule has 0 spiro atoms. The average Bonchev–Trinajstić information content (AvgIpc) is 3.12. The van der Waals surface area contributed by atoms with E-state index in [1.807, 2.05) is 37.3 Å². The maximum absolute atomic E-state index is 5.98. The van der Waals surface area contributed by atoms with Crippen LogP contribution >= 0.6 is 27.7 Å². The van der Waals surface area contributed by atoms with Crippen LogP contribution in [0.3, 0.4) is 0 Å². The van der Waals surface area contributed by atoms with Gasteiger partial charge in [-0.25, -0.2) is 10.1 Å². The third kappa shape index (κ3) is 4.18. The van der Waals surface area contributed by atoms with E-state index in [9.17, 15) is 0 Å². The Hall–Kier alpha value is -2.26. The second kappa shape index (κ2) is 7.54. The molecular weight excluding hydrogens is 392 g/mol. The van der Waals surface area contributed by atoms with Crippen molar-refractivity contribution in [1.82, 2.24) is 14.9 Å². The summed E-state index contributed by atoms with van der Waals surface area (Å²) in [5.74, 6) is 8.54.